The Balaban J connectivity index is 1.91. The van der Waals surface area contributed by atoms with Crippen LogP contribution in [0.25, 0.3) is 0 Å². The van der Waals surface area contributed by atoms with Crippen molar-refractivity contribution in [1.82, 2.24) is 4.90 Å². The SMILES string of the molecule is CN(C(=O)N1CC(CC(=O)O)C1)c1ccc(F)cc1. The van der Waals surface area contributed by atoms with Gasteiger partial charge in [0.15, 0.2) is 0 Å². The van der Waals surface area contributed by atoms with Crippen LogP contribution in [0.15, 0.2) is 24.3 Å². The van der Waals surface area contributed by atoms with Crippen LogP contribution in [0.4, 0.5) is 14.9 Å². The molecule has 1 aliphatic heterocycles. The lowest BCUT2D eigenvalue weighted by atomic mass is 9.97. The van der Waals surface area contributed by atoms with E-state index >= 15 is 0 Å². The molecule has 1 fully saturated rings. The van der Waals surface area contributed by atoms with Gasteiger partial charge in [-0.25, -0.2) is 9.18 Å². The van der Waals surface area contributed by atoms with Crippen molar-refractivity contribution in [2.24, 2.45) is 5.92 Å². The minimum Gasteiger partial charge on any atom is -0.481 e. The number of hydrogen-bond donors (Lipinski definition) is 1. The lowest BCUT2D eigenvalue weighted by molar-refractivity contribution is -0.139. The molecule has 1 aromatic carbocycles. The van der Waals surface area contributed by atoms with Crippen molar-refractivity contribution in [1.29, 1.82) is 0 Å². The zero-order chi connectivity index (χ0) is 14.0. The monoisotopic (exact) mass is 266 g/mol. The van der Waals surface area contributed by atoms with Crippen LogP contribution in [-0.2, 0) is 4.79 Å². The summed E-state index contributed by atoms with van der Waals surface area (Å²) in [5.41, 5.74) is 0.605. The van der Waals surface area contributed by atoms with Crippen molar-refractivity contribution in [3.8, 4) is 0 Å². The summed E-state index contributed by atoms with van der Waals surface area (Å²) in [5.74, 6) is -1.16. The highest BCUT2D eigenvalue weighted by Crippen LogP contribution is 2.22. The average Bonchev–Trinajstić information content (AvgIpc) is 2.32. The molecule has 1 N–H and O–H groups in total. The van der Waals surface area contributed by atoms with Crippen molar-refractivity contribution in [2.45, 2.75) is 6.42 Å². The number of carbonyl (C=O) groups is 2. The Kier molecular flexibility index (Phi) is 3.69. The number of aliphatic carboxylic acids is 1. The second-order valence-corrected chi connectivity index (χ2v) is 4.69. The van der Waals surface area contributed by atoms with E-state index in [1.807, 2.05) is 0 Å². The molecular formula is C13H15FN2O3. The van der Waals surface area contributed by atoms with Crippen LogP contribution in [0, 0.1) is 11.7 Å². The van der Waals surface area contributed by atoms with Gasteiger partial charge >= 0.3 is 12.0 Å². The summed E-state index contributed by atoms with van der Waals surface area (Å²) in [6, 6.07) is 5.45. The Labute approximate surface area is 110 Å². The Morgan fingerprint density at radius 2 is 1.95 bits per heavy atom. The minimum atomic E-state index is -0.844. The molecule has 6 heteroatoms. The number of carboxylic acids is 1. The number of halogens is 1. The molecule has 19 heavy (non-hydrogen) atoms. The molecular weight excluding hydrogens is 251 g/mol. The second kappa shape index (κ2) is 5.26. The molecule has 1 aromatic rings. The Hall–Kier alpha value is -2.11. The number of urea groups is 1. The third kappa shape index (κ3) is 3.01. The van der Waals surface area contributed by atoms with Gasteiger partial charge in [0.2, 0.25) is 0 Å². The van der Waals surface area contributed by atoms with E-state index in [4.69, 9.17) is 5.11 Å². The summed E-state index contributed by atoms with van der Waals surface area (Å²) < 4.78 is 12.8. The molecule has 0 saturated carbocycles. The number of amides is 2. The van der Waals surface area contributed by atoms with E-state index in [1.54, 1.807) is 11.9 Å². The Bertz CT molecular complexity index is 483. The minimum absolute atomic E-state index is 0.0306. The second-order valence-electron chi connectivity index (χ2n) is 4.69. The van der Waals surface area contributed by atoms with Crippen LogP contribution in [0.3, 0.4) is 0 Å². The zero-order valence-electron chi connectivity index (χ0n) is 10.5. The fourth-order valence-electron chi connectivity index (χ4n) is 2.09. The first-order valence-corrected chi connectivity index (χ1v) is 5.97. The van der Waals surface area contributed by atoms with E-state index in [-0.39, 0.29) is 24.2 Å². The molecule has 0 aromatic heterocycles. The van der Waals surface area contributed by atoms with E-state index in [9.17, 15) is 14.0 Å². The molecule has 2 rings (SSSR count). The molecule has 0 bridgehead atoms. The van der Waals surface area contributed by atoms with Crippen LogP contribution in [0.5, 0.6) is 0 Å². The number of rotatable bonds is 3. The number of likely N-dealkylation sites (tertiary alicyclic amines) is 1. The molecule has 2 amide bonds. The average molecular weight is 266 g/mol. The summed E-state index contributed by atoms with van der Waals surface area (Å²) in [6.45, 7) is 0.910. The summed E-state index contributed by atoms with van der Waals surface area (Å²) in [4.78, 5) is 25.6. The maximum Gasteiger partial charge on any atom is 0.324 e. The number of benzene rings is 1. The van der Waals surface area contributed by atoms with Gasteiger partial charge in [0, 0.05) is 31.7 Å². The standard InChI is InChI=1S/C13H15FN2O3/c1-15(11-4-2-10(14)3-5-11)13(19)16-7-9(8-16)6-12(17)18/h2-5,9H,6-8H2,1H3,(H,17,18). The molecule has 1 aliphatic rings. The molecule has 5 nitrogen and oxygen atoms in total. The lowest BCUT2D eigenvalue weighted by Crippen LogP contribution is -2.54. The topological polar surface area (TPSA) is 60.9 Å². The van der Waals surface area contributed by atoms with E-state index in [0.29, 0.717) is 18.8 Å². The largest absolute Gasteiger partial charge is 0.481 e. The summed E-state index contributed by atoms with van der Waals surface area (Å²) in [7, 11) is 1.61. The van der Waals surface area contributed by atoms with Gasteiger partial charge in [0.05, 0.1) is 6.42 Å². The van der Waals surface area contributed by atoms with Gasteiger partial charge in [-0.2, -0.15) is 0 Å². The van der Waals surface area contributed by atoms with Gasteiger partial charge in [-0.3, -0.25) is 9.69 Å². The van der Waals surface area contributed by atoms with Crippen LogP contribution in [0.1, 0.15) is 6.42 Å². The van der Waals surface area contributed by atoms with Crippen molar-refractivity contribution < 1.29 is 19.1 Å². The summed E-state index contributed by atoms with van der Waals surface area (Å²) in [6.07, 6.45) is 0.0873. The van der Waals surface area contributed by atoms with Crippen molar-refractivity contribution in [3.05, 3.63) is 30.1 Å². The quantitative estimate of drug-likeness (QED) is 0.907. The summed E-state index contributed by atoms with van der Waals surface area (Å²) >= 11 is 0. The van der Waals surface area contributed by atoms with E-state index in [0.717, 1.165) is 0 Å². The number of hydrogen-bond acceptors (Lipinski definition) is 2. The predicted molar refractivity (Wildman–Crippen MR) is 67.5 cm³/mol. The van der Waals surface area contributed by atoms with Crippen LogP contribution in [-0.4, -0.2) is 42.1 Å². The van der Waals surface area contributed by atoms with Crippen molar-refractivity contribution in [2.75, 3.05) is 25.0 Å². The van der Waals surface area contributed by atoms with Gasteiger partial charge in [0.1, 0.15) is 5.82 Å². The highest BCUT2D eigenvalue weighted by molar-refractivity contribution is 5.92. The first-order chi connectivity index (χ1) is 8.97. The van der Waals surface area contributed by atoms with Crippen molar-refractivity contribution >= 4 is 17.7 Å². The predicted octanol–water partition coefficient (Wildman–Crippen LogP) is 1.79. The maximum absolute atomic E-state index is 12.8. The molecule has 0 radical (unpaired) electrons. The van der Waals surface area contributed by atoms with Crippen molar-refractivity contribution in [3.63, 3.8) is 0 Å². The fourth-order valence-corrected chi connectivity index (χ4v) is 2.09. The molecule has 1 heterocycles. The molecule has 0 unspecified atom stereocenters. The number of nitrogens with zero attached hydrogens (tertiary/aromatic N) is 2. The smallest absolute Gasteiger partial charge is 0.324 e. The molecule has 0 aliphatic carbocycles. The normalized spacial score (nSPS) is 14.9. The van der Waals surface area contributed by atoms with Gasteiger partial charge in [0.25, 0.3) is 0 Å². The number of carboxylic acid groups (broad SMARTS) is 1. The molecule has 0 spiro atoms. The van der Waals surface area contributed by atoms with E-state index in [1.165, 1.54) is 29.2 Å². The van der Waals surface area contributed by atoms with E-state index in [2.05, 4.69) is 0 Å². The van der Waals surface area contributed by atoms with Gasteiger partial charge in [-0.15, -0.1) is 0 Å². The Morgan fingerprint density at radius 1 is 1.37 bits per heavy atom. The highest BCUT2D eigenvalue weighted by Gasteiger charge is 2.33. The first kappa shape index (κ1) is 13.3. The number of anilines is 1. The Morgan fingerprint density at radius 3 is 2.47 bits per heavy atom. The van der Waals surface area contributed by atoms with Gasteiger partial charge < -0.3 is 10.0 Å². The highest BCUT2D eigenvalue weighted by atomic mass is 19.1. The molecule has 1 saturated heterocycles. The zero-order valence-corrected chi connectivity index (χ0v) is 10.5. The summed E-state index contributed by atoms with van der Waals surface area (Å²) in [5, 5.41) is 8.64. The lowest BCUT2D eigenvalue weighted by Gasteiger charge is -2.40. The van der Waals surface area contributed by atoms with E-state index < -0.39 is 5.97 Å². The van der Waals surface area contributed by atoms with Crippen LogP contribution >= 0.6 is 0 Å². The van der Waals surface area contributed by atoms with Crippen LogP contribution < -0.4 is 4.90 Å². The molecule has 102 valence electrons. The third-order valence-electron chi connectivity index (χ3n) is 3.19. The molecule has 0 atom stereocenters. The third-order valence-corrected chi connectivity index (χ3v) is 3.19. The first-order valence-electron chi connectivity index (χ1n) is 5.97. The van der Waals surface area contributed by atoms with Gasteiger partial charge in [-0.05, 0) is 24.3 Å². The maximum atomic E-state index is 12.8. The fraction of sp³-hybridized carbons (Fsp3) is 0.385. The van der Waals surface area contributed by atoms with Crippen LogP contribution in [0.2, 0.25) is 0 Å². The van der Waals surface area contributed by atoms with Gasteiger partial charge in [-0.1, -0.05) is 0 Å². The number of carbonyl (C=O) groups excluding carboxylic acids is 1.